The maximum Gasteiger partial charge on any atom is 0.311 e. The van der Waals surface area contributed by atoms with Crippen LogP contribution in [0.25, 0.3) is 0 Å². The molecule has 2 bridgehead atoms. The van der Waals surface area contributed by atoms with Gasteiger partial charge in [0.15, 0.2) is 0 Å². The van der Waals surface area contributed by atoms with Gasteiger partial charge in [0.25, 0.3) is 0 Å². The van der Waals surface area contributed by atoms with Crippen molar-refractivity contribution in [2.45, 2.75) is 57.5 Å². The number of carbonyl (C=O) groups is 1. The molecule has 0 spiro atoms. The number of carbonyl (C=O) groups excluding carboxylic acids is 1. The van der Waals surface area contributed by atoms with Gasteiger partial charge in [0.05, 0.1) is 36.4 Å². The summed E-state index contributed by atoms with van der Waals surface area (Å²) in [5.41, 5.74) is -0.566. The lowest BCUT2D eigenvalue weighted by Gasteiger charge is -2.33. The number of ether oxygens (including phenoxy) is 3. The molecule has 2 aliphatic rings. The second kappa shape index (κ2) is 5.87. The van der Waals surface area contributed by atoms with Gasteiger partial charge in [-0.2, -0.15) is 0 Å². The largest absolute Gasteiger partial charge is 0.466 e. The summed E-state index contributed by atoms with van der Waals surface area (Å²) in [4.78, 5) is 12.1. The summed E-state index contributed by atoms with van der Waals surface area (Å²) < 4.78 is 30.9. The Morgan fingerprint density at radius 1 is 1.30 bits per heavy atom. The summed E-state index contributed by atoms with van der Waals surface area (Å²) >= 11 is 0. The van der Waals surface area contributed by atoms with Crippen LogP contribution in [0.3, 0.4) is 0 Å². The van der Waals surface area contributed by atoms with Gasteiger partial charge in [-0.05, 0) is 33.3 Å². The molecule has 4 atom stereocenters. The Hall–Kier alpha value is -1.46. The van der Waals surface area contributed by atoms with Crippen LogP contribution in [0, 0.1) is 11.7 Å². The van der Waals surface area contributed by atoms with E-state index < -0.39 is 11.2 Å². The van der Waals surface area contributed by atoms with Crippen LogP contribution in [0.4, 0.5) is 4.39 Å². The molecule has 0 saturated carbocycles. The number of fused-ring (bicyclic) bond motifs is 2. The number of hydrogen-bond acceptors (Lipinski definition) is 4. The summed E-state index contributed by atoms with van der Waals surface area (Å²) in [5, 5.41) is 0. The maximum atomic E-state index is 13.7. The van der Waals surface area contributed by atoms with Gasteiger partial charge >= 0.3 is 5.97 Å². The number of esters is 1. The molecule has 1 aromatic carbocycles. The molecule has 23 heavy (non-hydrogen) atoms. The quantitative estimate of drug-likeness (QED) is 0.781. The lowest BCUT2D eigenvalue weighted by Crippen LogP contribution is -2.44. The van der Waals surface area contributed by atoms with Crippen molar-refractivity contribution >= 4 is 5.97 Å². The van der Waals surface area contributed by atoms with Crippen molar-refractivity contribution in [1.29, 1.82) is 0 Å². The molecule has 0 amide bonds. The highest BCUT2D eigenvalue weighted by Crippen LogP contribution is 2.55. The third-order valence-electron chi connectivity index (χ3n) is 5.05. The third kappa shape index (κ3) is 2.88. The first-order chi connectivity index (χ1) is 10.9. The van der Waals surface area contributed by atoms with E-state index in [0.717, 1.165) is 0 Å². The molecule has 0 radical (unpaired) electrons. The zero-order chi connectivity index (χ0) is 16.7. The Morgan fingerprint density at radius 3 is 2.65 bits per heavy atom. The van der Waals surface area contributed by atoms with Crippen molar-refractivity contribution in [3.8, 4) is 0 Å². The van der Waals surface area contributed by atoms with Gasteiger partial charge in [-0.1, -0.05) is 18.2 Å². The zero-order valence-corrected chi connectivity index (χ0v) is 13.8. The molecule has 126 valence electrons. The van der Waals surface area contributed by atoms with Crippen LogP contribution in [0.15, 0.2) is 24.3 Å². The topological polar surface area (TPSA) is 44.8 Å². The van der Waals surface area contributed by atoms with Gasteiger partial charge in [-0.15, -0.1) is 0 Å². The first-order valence-corrected chi connectivity index (χ1v) is 8.10. The number of rotatable bonds is 5. The standard InChI is InChI=1S/C18H23FO4/c1-4-21-16(20)13-9-18(3)15(10-17(13,2)23-18)22-11-12-7-5-6-8-14(12)19/h5-8,13,15H,4,9-11H2,1-3H3/t13?,15-,17+,18+/m0/s1. The van der Waals surface area contributed by atoms with Crippen LogP contribution in [0.2, 0.25) is 0 Å². The van der Waals surface area contributed by atoms with E-state index >= 15 is 0 Å². The van der Waals surface area contributed by atoms with Gasteiger partial charge in [-0.25, -0.2) is 4.39 Å². The second-order valence-corrected chi connectivity index (χ2v) is 6.83. The molecule has 4 nitrogen and oxygen atoms in total. The third-order valence-corrected chi connectivity index (χ3v) is 5.05. The zero-order valence-electron chi connectivity index (χ0n) is 13.8. The SMILES string of the molecule is CCOC(=O)C1C[C@@]2(C)O[C@]1(C)C[C@@H]2OCc1ccccc1F. The fraction of sp³-hybridized carbons (Fsp3) is 0.611. The summed E-state index contributed by atoms with van der Waals surface area (Å²) in [5.74, 6) is -0.732. The molecule has 2 fully saturated rings. The van der Waals surface area contributed by atoms with Gasteiger partial charge in [-0.3, -0.25) is 4.79 Å². The number of halogens is 1. The van der Waals surface area contributed by atoms with E-state index in [4.69, 9.17) is 14.2 Å². The summed E-state index contributed by atoms with van der Waals surface area (Å²) in [6.07, 6.45) is 1.03. The molecule has 5 heteroatoms. The molecule has 1 unspecified atom stereocenters. The molecule has 2 aliphatic heterocycles. The van der Waals surface area contributed by atoms with Gasteiger partial charge in [0.2, 0.25) is 0 Å². The minimum Gasteiger partial charge on any atom is -0.466 e. The monoisotopic (exact) mass is 322 g/mol. The lowest BCUT2D eigenvalue weighted by atomic mass is 9.74. The van der Waals surface area contributed by atoms with E-state index in [1.165, 1.54) is 6.07 Å². The molecule has 2 saturated heterocycles. The molecule has 0 N–H and O–H groups in total. The van der Waals surface area contributed by atoms with Crippen molar-refractivity contribution in [1.82, 2.24) is 0 Å². The van der Waals surface area contributed by atoms with Crippen molar-refractivity contribution < 1.29 is 23.4 Å². The van der Waals surface area contributed by atoms with E-state index in [1.54, 1.807) is 25.1 Å². The number of hydrogen-bond donors (Lipinski definition) is 0. The number of benzene rings is 1. The maximum absolute atomic E-state index is 13.7. The van der Waals surface area contributed by atoms with Crippen molar-refractivity contribution in [3.63, 3.8) is 0 Å². The average molecular weight is 322 g/mol. The van der Waals surface area contributed by atoms with E-state index in [1.807, 2.05) is 13.8 Å². The highest BCUT2D eigenvalue weighted by Gasteiger charge is 2.65. The van der Waals surface area contributed by atoms with E-state index in [-0.39, 0.29) is 30.4 Å². The molecule has 2 heterocycles. The molecular weight excluding hydrogens is 299 g/mol. The summed E-state index contributed by atoms with van der Waals surface area (Å²) in [6, 6.07) is 6.59. The summed E-state index contributed by atoms with van der Waals surface area (Å²) in [6.45, 7) is 6.28. The van der Waals surface area contributed by atoms with E-state index in [0.29, 0.717) is 25.0 Å². The van der Waals surface area contributed by atoms with Gasteiger partial charge < -0.3 is 14.2 Å². The molecule has 0 aliphatic carbocycles. The molecule has 0 aromatic heterocycles. The van der Waals surface area contributed by atoms with E-state index in [9.17, 15) is 9.18 Å². The minimum absolute atomic E-state index is 0.155. The predicted molar refractivity (Wildman–Crippen MR) is 82.2 cm³/mol. The Morgan fingerprint density at radius 2 is 2.04 bits per heavy atom. The first-order valence-electron chi connectivity index (χ1n) is 8.10. The van der Waals surface area contributed by atoms with Gasteiger partial charge in [0.1, 0.15) is 5.82 Å². The van der Waals surface area contributed by atoms with Crippen LogP contribution >= 0.6 is 0 Å². The molecule has 1 aromatic rings. The lowest BCUT2D eigenvalue weighted by molar-refractivity contribution is -0.153. The Kier molecular flexibility index (Phi) is 4.19. The smallest absolute Gasteiger partial charge is 0.311 e. The van der Waals surface area contributed by atoms with Crippen LogP contribution in [0.1, 0.15) is 39.2 Å². The Labute approximate surface area is 135 Å². The van der Waals surface area contributed by atoms with E-state index in [2.05, 4.69) is 0 Å². The second-order valence-electron chi connectivity index (χ2n) is 6.83. The fourth-order valence-electron chi connectivity index (χ4n) is 3.85. The van der Waals surface area contributed by atoms with Crippen LogP contribution in [-0.4, -0.2) is 29.9 Å². The summed E-state index contributed by atoms with van der Waals surface area (Å²) in [7, 11) is 0. The van der Waals surface area contributed by atoms with Crippen molar-refractivity contribution in [2.24, 2.45) is 5.92 Å². The highest BCUT2D eigenvalue weighted by molar-refractivity contribution is 5.75. The predicted octanol–water partition coefficient (Wildman–Crippen LogP) is 3.23. The Balaban J connectivity index is 1.67. The average Bonchev–Trinajstić information content (AvgIpc) is 2.92. The highest BCUT2D eigenvalue weighted by atomic mass is 19.1. The van der Waals surface area contributed by atoms with Crippen LogP contribution in [0.5, 0.6) is 0 Å². The first kappa shape index (κ1) is 16.4. The minimum atomic E-state index is -0.569. The van der Waals surface area contributed by atoms with Gasteiger partial charge in [0, 0.05) is 12.0 Å². The Bertz CT molecular complexity index is 604. The molecular formula is C18H23FO4. The molecule has 3 rings (SSSR count). The van der Waals surface area contributed by atoms with Crippen molar-refractivity contribution in [3.05, 3.63) is 35.6 Å². The van der Waals surface area contributed by atoms with Crippen LogP contribution in [-0.2, 0) is 25.6 Å². The van der Waals surface area contributed by atoms with Crippen LogP contribution < -0.4 is 0 Å². The van der Waals surface area contributed by atoms with Crippen molar-refractivity contribution in [2.75, 3.05) is 6.61 Å². The normalized spacial score (nSPS) is 35.5. The fourth-order valence-corrected chi connectivity index (χ4v) is 3.85.